The molecule has 1 fully saturated rings. The summed E-state index contributed by atoms with van der Waals surface area (Å²) in [5.41, 5.74) is -0.400. The number of anilines is 1. The van der Waals surface area contributed by atoms with Gasteiger partial charge < -0.3 is 5.32 Å². The van der Waals surface area contributed by atoms with Crippen LogP contribution in [-0.4, -0.2) is 27.5 Å². The average Bonchev–Trinajstić information content (AvgIpc) is 2.94. The summed E-state index contributed by atoms with van der Waals surface area (Å²) in [5, 5.41) is 22.9. The van der Waals surface area contributed by atoms with Crippen LogP contribution in [0.2, 0.25) is 0 Å². The van der Waals surface area contributed by atoms with Crippen molar-refractivity contribution >= 4 is 23.3 Å². The molecule has 0 radical (unpaired) electrons. The van der Waals surface area contributed by atoms with Crippen molar-refractivity contribution in [2.45, 2.75) is 30.4 Å². The van der Waals surface area contributed by atoms with Crippen LogP contribution in [0.5, 0.6) is 0 Å². The number of hydrogen-bond donors (Lipinski definition) is 1. The summed E-state index contributed by atoms with van der Waals surface area (Å²) in [6.45, 7) is 0.768. The summed E-state index contributed by atoms with van der Waals surface area (Å²) in [5.74, 6) is 0.521. The van der Waals surface area contributed by atoms with Gasteiger partial charge in [0.05, 0.1) is 4.92 Å². The van der Waals surface area contributed by atoms with Crippen molar-refractivity contribution in [2.24, 2.45) is 0 Å². The van der Waals surface area contributed by atoms with Gasteiger partial charge in [-0.2, -0.15) is 17.0 Å². The lowest BCUT2D eigenvalue weighted by atomic mass is 10.1. The zero-order chi connectivity index (χ0) is 14.6. The first kappa shape index (κ1) is 14.6. The number of nitriles is 1. The standard InChI is InChI=1S/C13H16N4O2S/c1-20-13(6-2-3-7-13)9-15-12-5-4-11(17(18)19)10(8-14)16-12/h4-5H,2-3,6-7,9H2,1H3,(H,15,16). The molecule has 0 spiro atoms. The van der Waals surface area contributed by atoms with E-state index in [0.29, 0.717) is 5.82 Å². The zero-order valence-electron chi connectivity index (χ0n) is 11.3. The highest BCUT2D eigenvalue weighted by atomic mass is 32.2. The Kier molecular flexibility index (Phi) is 4.45. The molecule has 0 saturated heterocycles. The summed E-state index contributed by atoms with van der Waals surface area (Å²) in [6.07, 6.45) is 6.91. The van der Waals surface area contributed by atoms with Gasteiger partial charge in [-0.25, -0.2) is 4.98 Å². The van der Waals surface area contributed by atoms with Crippen molar-refractivity contribution < 1.29 is 4.92 Å². The van der Waals surface area contributed by atoms with Gasteiger partial charge in [0.1, 0.15) is 11.9 Å². The van der Waals surface area contributed by atoms with Crippen LogP contribution >= 0.6 is 11.8 Å². The monoisotopic (exact) mass is 292 g/mol. The number of nitrogens with zero attached hydrogens (tertiary/aromatic N) is 3. The van der Waals surface area contributed by atoms with Crippen molar-refractivity contribution in [1.29, 1.82) is 5.26 Å². The third-order valence-corrected chi connectivity index (χ3v) is 5.13. The van der Waals surface area contributed by atoms with E-state index in [9.17, 15) is 10.1 Å². The molecular formula is C13H16N4O2S. The van der Waals surface area contributed by atoms with Gasteiger partial charge in [0, 0.05) is 17.4 Å². The van der Waals surface area contributed by atoms with Crippen LogP contribution in [0, 0.1) is 21.4 Å². The molecule has 106 valence electrons. The van der Waals surface area contributed by atoms with Crippen LogP contribution in [-0.2, 0) is 0 Å². The predicted octanol–water partition coefficient (Wildman–Crippen LogP) is 2.95. The minimum Gasteiger partial charge on any atom is -0.369 e. The van der Waals surface area contributed by atoms with Crippen LogP contribution in [0.3, 0.4) is 0 Å². The molecule has 1 saturated carbocycles. The average molecular weight is 292 g/mol. The van der Waals surface area contributed by atoms with Crippen LogP contribution in [0.25, 0.3) is 0 Å². The topological polar surface area (TPSA) is 91.9 Å². The van der Waals surface area contributed by atoms with E-state index in [2.05, 4.69) is 16.6 Å². The Morgan fingerprint density at radius 2 is 2.25 bits per heavy atom. The fourth-order valence-electron chi connectivity index (χ4n) is 2.50. The van der Waals surface area contributed by atoms with Gasteiger partial charge in [0.15, 0.2) is 0 Å². The summed E-state index contributed by atoms with van der Waals surface area (Å²) < 4.78 is 0.219. The summed E-state index contributed by atoms with van der Waals surface area (Å²) in [7, 11) is 0. The molecule has 0 aliphatic heterocycles. The number of thioether (sulfide) groups is 1. The molecule has 1 aromatic heterocycles. The molecule has 6 nitrogen and oxygen atoms in total. The number of aromatic nitrogens is 1. The number of rotatable bonds is 5. The van der Waals surface area contributed by atoms with Crippen molar-refractivity contribution in [3.63, 3.8) is 0 Å². The molecule has 1 aliphatic carbocycles. The first-order valence-electron chi connectivity index (χ1n) is 6.45. The van der Waals surface area contributed by atoms with E-state index in [-0.39, 0.29) is 16.1 Å². The van der Waals surface area contributed by atoms with Gasteiger partial charge in [-0.3, -0.25) is 10.1 Å². The van der Waals surface area contributed by atoms with E-state index >= 15 is 0 Å². The van der Waals surface area contributed by atoms with Gasteiger partial charge in [-0.15, -0.1) is 0 Å². The molecule has 0 atom stereocenters. The van der Waals surface area contributed by atoms with Crippen molar-refractivity contribution in [3.05, 3.63) is 27.9 Å². The Morgan fingerprint density at radius 1 is 1.55 bits per heavy atom. The Balaban J connectivity index is 2.11. The molecule has 0 amide bonds. The van der Waals surface area contributed by atoms with Crippen LogP contribution in [0.4, 0.5) is 11.5 Å². The molecule has 7 heteroatoms. The van der Waals surface area contributed by atoms with Crippen LogP contribution in [0.1, 0.15) is 31.4 Å². The fraction of sp³-hybridized carbons (Fsp3) is 0.538. The Labute approximate surface area is 121 Å². The minimum absolute atomic E-state index is 0.148. The molecule has 1 aromatic rings. The van der Waals surface area contributed by atoms with E-state index < -0.39 is 4.92 Å². The highest BCUT2D eigenvalue weighted by Crippen LogP contribution is 2.40. The van der Waals surface area contributed by atoms with E-state index in [0.717, 1.165) is 6.54 Å². The molecular weight excluding hydrogens is 276 g/mol. The summed E-state index contributed by atoms with van der Waals surface area (Å²) >= 11 is 1.85. The zero-order valence-corrected chi connectivity index (χ0v) is 12.1. The smallest absolute Gasteiger partial charge is 0.305 e. The maximum Gasteiger partial charge on any atom is 0.305 e. The summed E-state index contributed by atoms with van der Waals surface area (Å²) in [4.78, 5) is 14.2. The molecule has 2 rings (SSSR count). The highest BCUT2D eigenvalue weighted by molar-refractivity contribution is 8.00. The molecule has 1 heterocycles. The van der Waals surface area contributed by atoms with Crippen LogP contribution < -0.4 is 5.32 Å². The second-order valence-electron chi connectivity index (χ2n) is 4.88. The largest absolute Gasteiger partial charge is 0.369 e. The molecule has 1 N–H and O–H groups in total. The van der Waals surface area contributed by atoms with Gasteiger partial charge >= 0.3 is 5.69 Å². The van der Waals surface area contributed by atoms with E-state index in [4.69, 9.17) is 5.26 Å². The second-order valence-corrected chi connectivity index (χ2v) is 6.16. The van der Waals surface area contributed by atoms with Crippen molar-refractivity contribution in [1.82, 2.24) is 4.98 Å². The van der Waals surface area contributed by atoms with Crippen molar-refractivity contribution in [3.8, 4) is 6.07 Å². The highest BCUT2D eigenvalue weighted by Gasteiger charge is 2.32. The molecule has 0 aromatic carbocycles. The molecule has 0 bridgehead atoms. The first-order valence-corrected chi connectivity index (χ1v) is 7.67. The lowest BCUT2D eigenvalue weighted by molar-refractivity contribution is -0.385. The maximum absolute atomic E-state index is 10.7. The Hall–Kier alpha value is -1.81. The maximum atomic E-state index is 10.7. The van der Waals surface area contributed by atoms with E-state index in [1.165, 1.54) is 31.7 Å². The Bertz CT molecular complexity index is 550. The fourth-order valence-corrected chi connectivity index (χ4v) is 3.42. The molecule has 0 unspecified atom stereocenters. The first-order chi connectivity index (χ1) is 9.60. The van der Waals surface area contributed by atoms with Gasteiger partial charge in [-0.05, 0) is 25.2 Å². The third kappa shape index (κ3) is 3.02. The summed E-state index contributed by atoms with van der Waals surface area (Å²) in [6, 6.07) is 4.66. The van der Waals surface area contributed by atoms with Gasteiger partial charge in [-0.1, -0.05) is 12.8 Å². The molecule has 1 aliphatic rings. The lowest BCUT2D eigenvalue weighted by Crippen LogP contribution is -2.30. The van der Waals surface area contributed by atoms with Crippen molar-refractivity contribution in [2.75, 3.05) is 18.1 Å². The van der Waals surface area contributed by atoms with E-state index in [1.807, 2.05) is 11.8 Å². The molecule has 20 heavy (non-hydrogen) atoms. The van der Waals surface area contributed by atoms with E-state index in [1.54, 1.807) is 12.1 Å². The second kappa shape index (κ2) is 6.09. The predicted molar refractivity (Wildman–Crippen MR) is 78.8 cm³/mol. The number of pyridine rings is 1. The van der Waals surface area contributed by atoms with Gasteiger partial charge in [0.25, 0.3) is 0 Å². The quantitative estimate of drug-likeness (QED) is 0.662. The van der Waals surface area contributed by atoms with Crippen LogP contribution in [0.15, 0.2) is 12.1 Å². The third-order valence-electron chi connectivity index (χ3n) is 3.72. The SMILES string of the molecule is CSC1(CNc2ccc([N+](=O)[O-])c(C#N)n2)CCCC1. The number of hydrogen-bond acceptors (Lipinski definition) is 6. The normalized spacial score (nSPS) is 16.6. The number of nitro groups is 1. The number of nitrogens with one attached hydrogen (secondary N) is 1. The lowest BCUT2D eigenvalue weighted by Gasteiger charge is -2.27. The minimum atomic E-state index is -0.588. The Morgan fingerprint density at radius 3 is 2.80 bits per heavy atom. The van der Waals surface area contributed by atoms with Gasteiger partial charge in [0.2, 0.25) is 5.69 Å².